The van der Waals surface area contributed by atoms with E-state index in [1.54, 1.807) is 0 Å². The van der Waals surface area contributed by atoms with Crippen LogP contribution in [0.25, 0.3) is 0 Å². The van der Waals surface area contributed by atoms with Gasteiger partial charge in [-0.2, -0.15) is 0 Å². The molecule has 1 aliphatic heterocycles. The van der Waals surface area contributed by atoms with Crippen LogP contribution in [0.4, 0.5) is 0 Å². The molecular formula is C18H27N3O3. The van der Waals surface area contributed by atoms with E-state index < -0.39 is 6.04 Å². The van der Waals surface area contributed by atoms with E-state index in [9.17, 15) is 9.59 Å². The van der Waals surface area contributed by atoms with Crippen molar-refractivity contribution in [1.29, 1.82) is 0 Å². The highest BCUT2D eigenvalue weighted by Crippen LogP contribution is 2.28. The second-order valence-electron chi connectivity index (χ2n) is 6.16. The molecule has 0 radical (unpaired) electrons. The summed E-state index contributed by atoms with van der Waals surface area (Å²) >= 11 is 0. The summed E-state index contributed by atoms with van der Waals surface area (Å²) in [5.74, 6) is 0.952. The molecule has 1 aromatic rings. The lowest BCUT2D eigenvalue weighted by Crippen LogP contribution is -2.35. The summed E-state index contributed by atoms with van der Waals surface area (Å²) in [6.45, 7) is 5.94. The molecule has 2 amide bonds. The van der Waals surface area contributed by atoms with Gasteiger partial charge >= 0.3 is 0 Å². The lowest BCUT2D eigenvalue weighted by Gasteiger charge is -2.24. The Kier molecular flexibility index (Phi) is 6.61. The van der Waals surface area contributed by atoms with E-state index in [2.05, 4.69) is 5.32 Å². The number of ether oxygens (including phenoxy) is 1. The normalized spacial score (nSPS) is 18.3. The molecule has 0 bridgehead atoms. The highest BCUT2D eigenvalue weighted by Gasteiger charge is 2.28. The van der Waals surface area contributed by atoms with E-state index in [-0.39, 0.29) is 18.2 Å². The van der Waals surface area contributed by atoms with E-state index in [0.29, 0.717) is 31.4 Å². The molecule has 1 fully saturated rings. The Hall–Kier alpha value is -2.08. The van der Waals surface area contributed by atoms with Crippen molar-refractivity contribution in [2.45, 2.75) is 32.7 Å². The Morgan fingerprint density at radius 1 is 1.42 bits per heavy atom. The fourth-order valence-electron chi connectivity index (χ4n) is 3.09. The molecule has 1 aromatic carbocycles. The Bertz CT molecular complexity index is 576. The maximum absolute atomic E-state index is 12.6. The smallest absolute Gasteiger partial charge is 0.225 e. The molecule has 0 spiro atoms. The first-order valence-corrected chi connectivity index (χ1v) is 8.51. The average Bonchev–Trinajstić information content (AvgIpc) is 3.04. The zero-order chi connectivity index (χ0) is 17.5. The number of hydrogen-bond donors (Lipinski definition) is 2. The summed E-state index contributed by atoms with van der Waals surface area (Å²) in [6.07, 6.45) is 1.17. The van der Waals surface area contributed by atoms with Gasteiger partial charge in [0.05, 0.1) is 19.1 Å². The van der Waals surface area contributed by atoms with Gasteiger partial charge in [-0.15, -0.1) is 0 Å². The first-order chi connectivity index (χ1) is 11.5. The average molecular weight is 333 g/mol. The maximum atomic E-state index is 12.6. The number of likely N-dealkylation sites (tertiary alicyclic amines) is 1. The predicted octanol–water partition coefficient (Wildman–Crippen LogP) is 1.46. The monoisotopic (exact) mass is 333 g/mol. The minimum Gasteiger partial charge on any atom is -0.494 e. The molecule has 1 saturated heterocycles. The minimum atomic E-state index is -0.394. The molecule has 1 heterocycles. The van der Waals surface area contributed by atoms with Gasteiger partial charge in [-0.05, 0) is 31.9 Å². The van der Waals surface area contributed by atoms with Crippen LogP contribution in [-0.2, 0) is 9.59 Å². The lowest BCUT2D eigenvalue weighted by molar-refractivity contribution is -0.131. The van der Waals surface area contributed by atoms with Crippen LogP contribution in [0.3, 0.4) is 0 Å². The third-order valence-electron chi connectivity index (χ3n) is 4.32. The van der Waals surface area contributed by atoms with Crippen LogP contribution in [0.15, 0.2) is 24.3 Å². The molecule has 2 atom stereocenters. The van der Waals surface area contributed by atoms with Crippen LogP contribution in [0.2, 0.25) is 0 Å². The molecule has 2 rings (SSSR count). The third-order valence-corrected chi connectivity index (χ3v) is 4.32. The SMILES string of the molecule is CCOc1ccccc1[C@H](CC(=O)N1CC[C@@H](CN)C1)NC(C)=O. The van der Waals surface area contributed by atoms with Crippen molar-refractivity contribution in [3.8, 4) is 5.75 Å². The Balaban J connectivity index is 2.14. The number of amides is 2. The van der Waals surface area contributed by atoms with Crippen molar-refractivity contribution in [2.75, 3.05) is 26.2 Å². The fraction of sp³-hybridized carbons (Fsp3) is 0.556. The van der Waals surface area contributed by atoms with Crippen LogP contribution >= 0.6 is 0 Å². The highest BCUT2D eigenvalue weighted by molar-refractivity contribution is 5.79. The van der Waals surface area contributed by atoms with Crippen LogP contribution in [0.1, 0.15) is 38.3 Å². The Labute approximate surface area is 143 Å². The first-order valence-electron chi connectivity index (χ1n) is 8.51. The van der Waals surface area contributed by atoms with Gasteiger partial charge in [0, 0.05) is 25.6 Å². The van der Waals surface area contributed by atoms with E-state index >= 15 is 0 Å². The number of nitrogens with one attached hydrogen (secondary N) is 1. The zero-order valence-electron chi connectivity index (χ0n) is 14.5. The summed E-state index contributed by atoms with van der Waals surface area (Å²) in [4.78, 5) is 26.1. The number of hydrogen-bond acceptors (Lipinski definition) is 4. The van der Waals surface area contributed by atoms with E-state index in [1.807, 2.05) is 36.1 Å². The number of carbonyl (C=O) groups is 2. The zero-order valence-corrected chi connectivity index (χ0v) is 14.5. The van der Waals surface area contributed by atoms with E-state index in [1.165, 1.54) is 6.92 Å². The lowest BCUT2D eigenvalue weighted by atomic mass is 10.0. The Morgan fingerprint density at radius 3 is 2.79 bits per heavy atom. The fourth-order valence-corrected chi connectivity index (χ4v) is 3.09. The standard InChI is InChI=1S/C18H27N3O3/c1-3-24-17-7-5-4-6-15(17)16(20-13(2)22)10-18(23)21-9-8-14(11-19)12-21/h4-7,14,16H,3,8-12,19H2,1-2H3,(H,20,22)/t14-,16-/m0/s1. The van der Waals surface area contributed by atoms with Gasteiger partial charge in [0.15, 0.2) is 0 Å². The van der Waals surface area contributed by atoms with Crippen molar-refractivity contribution >= 4 is 11.8 Å². The third kappa shape index (κ3) is 4.71. The number of rotatable bonds is 7. The van der Waals surface area contributed by atoms with E-state index in [0.717, 1.165) is 18.5 Å². The van der Waals surface area contributed by atoms with Crippen molar-refractivity contribution in [2.24, 2.45) is 11.7 Å². The highest BCUT2D eigenvalue weighted by atomic mass is 16.5. The number of benzene rings is 1. The molecule has 24 heavy (non-hydrogen) atoms. The minimum absolute atomic E-state index is 0.0380. The predicted molar refractivity (Wildman–Crippen MR) is 92.5 cm³/mol. The van der Waals surface area contributed by atoms with Crippen molar-refractivity contribution < 1.29 is 14.3 Å². The summed E-state index contributed by atoms with van der Waals surface area (Å²) in [5.41, 5.74) is 6.53. The van der Waals surface area contributed by atoms with Crippen molar-refractivity contribution in [1.82, 2.24) is 10.2 Å². The molecule has 132 valence electrons. The largest absolute Gasteiger partial charge is 0.494 e. The van der Waals surface area contributed by atoms with Gasteiger partial charge < -0.3 is 20.7 Å². The van der Waals surface area contributed by atoms with Crippen LogP contribution in [0.5, 0.6) is 5.75 Å². The molecule has 1 aliphatic rings. The number of carbonyl (C=O) groups excluding carboxylic acids is 2. The summed E-state index contributed by atoms with van der Waals surface area (Å²) in [7, 11) is 0. The van der Waals surface area contributed by atoms with Gasteiger partial charge in [0.2, 0.25) is 11.8 Å². The van der Waals surface area contributed by atoms with Gasteiger partial charge in [-0.1, -0.05) is 18.2 Å². The van der Waals surface area contributed by atoms with Gasteiger partial charge in [0.1, 0.15) is 5.75 Å². The maximum Gasteiger partial charge on any atom is 0.225 e. The molecular weight excluding hydrogens is 306 g/mol. The molecule has 0 saturated carbocycles. The molecule has 6 heteroatoms. The molecule has 0 aliphatic carbocycles. The second kappa shape index (κ2) is 8.68. The number of nitrogens with two attached hydrogens (primary N) is 1. The Morgan fingerprint density at radius 2 is 2.17 bits per heavy atom. The topological polar surface area (TPSA) is 84.7 Å². The van der Waals surface area contributed by atoms with E-state index in [4.69, 9.17) is 10.5 Å². The van der Waals surface area contributed by atoms with Crippen LogP contribution < -0.4 is 15.8 Å². The van der Waals surface area contributed by atoms with Crippen LogP contribution in [-0.4, -0.2) is 43.0 Å². The second-order valence-corrected chi connectivity index (χ2v) is 6.16. The molecule has 0 aromatic heterocycles. The summed E-state index contributed by atoms with van der Waals surface area (Å²) in [6, 6.07) is 7.13. The van der Waals surface area contributed by atoms with Gasteiger partial charge in [-0.25, -0.2) is 0 Å². The quantitative estimate of drug-likeness (QED) is 0.791. The number of para-hydroxylation sites is 1. The number of nitrogens with zero attached hydrogens (tertiary/aromatic N) is 1. The first kappa shape index (κ1) is 18.3. The summed E-state index contributed by atoms with van der Waals surface area (Å²) in [5, 5.41) is 2.88. The van der Waals surface area contributed by atoms with Crippen LogP contribution in [0, 0.1) is 5.92 Å². The molecule has 3 N–H and O–H groups in total. The van der Waals surface area contributed by atoms with Gasteiger partial charge in [-0.3, -0.25) is 9.59 Å². The molecule has 0 unspecified atom stereocenters. The molecule has 6 nitrogen and oxygen atoms in total. The van der Waals surface area contributed by atoms with Gasteiger partial charge in [0.25, 0.3) is 0 Å². The van der Waals surface area contributed by atoms with Crippen molar-refractivity contribution in [3.63, 3.8) is 0 Å². The van der Waals surface area contributed by atoms with Crippen molar-refractivity contribution in [3.05, 3.63) is 29.8 Å². The summed E-state index contributed by atoms with van der Waals surface area (Å²) < 4.78 is 5.65.